The van der Waals surface area contributed by atoms with Crippen molar-refractivity contribution in [3.05, 3.63) is 0 Å². The fourth-order valence-corrected chi connectivity index (χ4v) is 4.97. The number of carbonyl (C=O) groups is 1. The van der Waals surface area contributed by atoms with Crippen LogP contribution in [0.1, 0.15) is 57.8 Å². The maximum atomic E-state index is 10.9. The lowest BCUT2D eigenvalue weighted by Crippen LogP contribution is -2.46. The minimum Gasteiger partial charge on any atom is -0.481 e. The molecule has 3 aliphatic heterocycles. The smallest absolute Gasteiger partial charge is 0.303 e. The topological polar surface area (TPSA) is 43.8 Å². The van der Waals surface area contributed by atoms with Gasteiger partial charge in [-0.05, 0) is 64.5 Å². The second-order valence-electron chi connectivity index (χ2n) is 7.48. The molecule has 0 radical (unpaired) electrons. The van der Waals surface area contributed by atoms with Crippen LogP contribution in [0.15, 0.2) is 0 Å². The number of nitrogens with zero attached hydrogens (tertiary/aromatic N) is 2. The molecule has 3 unspecified atom stereocenters. The SMILES string of the molecule is CN1CCCCC1CCN1C2CCC1CC(CC(=O)O)C2. The van der Waals surface area contributed by atoms with Gasteiger partial charge in [0.05, 0.1) is 0 Å². The standard InChI is InChI=1S/C17H30N2O2/c1-18-8-3-2-4-14(18)7-9-19-15-5-6-16(19)11-13(10-15)12-17(20)21/h13-16H,2-12H2,1H3,(H,20,21). The van der Waals surface area contributed by atoms with Crippen LogP contribution in [0.5, 0.6) is 0 Å². The van der Waals surface area contributed by atoms with Crippen molar-refractivity contribution < 1.29 is 9.90 Å². The molecule has 0 aromatic carbocycles. The van der Waals surface area contributed by atoms with Gasteiger partial charge in [0.25, 0.3) is 0 Å². The first-order chi connectivity index (χ1) is 10.1. The molecule has 1 N–H and O–H groups in total. The van der Waals surface area contributed by atoms with Gasteiger partial charge in [0.15, 0.2) is 0 Å². The highest BCUT2D eigenvalue weighted by atomic mass is 16.4. The van der Waals surface area contributed by atoms with Crippen molar-refractivity contribution in [2.24, 2.45) is 5.92 Å². The number of carboxylic acid groups (broad SMARTS) is 1. The zero-order valence-electron chi connectivity index (χ0n) is 13.3. The van der Waals surface area contributed by atoms with E-state index in [2.05, 4.69) is 16.8 Å². The third kappa shape index (κ3) is 3.59. The Kier molecular flexibility index (Phi) is 4.85. The Labute approximate surface area is 128 Å². The summed E-state index contributed by atoms with van der Waals surface area (Å²) in [6.07, 6.45) is 10.6. The first-order valence-corrected chi connectivity index (χ1v) is 8.81. The van der Waals surface area contributed by atoms with Crippen LogP contribution in [0.3, 0.4) is 0 Å². The van der Waals surface area contributed by atoms with Crippen LogP contribution in [0, 0.1) is 5.92 Å². The number of carboxylic acids is 1. The summed E-state index contributed by atoms with van der Waals surface area (Å²) in [5, 5.41) is 9.01. The van der Waals surface area contributed by atoms with E-state index in [1.807, 2.05) is 0 Å². The van der Waals surface area contributed by atoms with Gasteiger partial charge in [-0.3, -0.25) is 9.69 Å². The Bertz CT molecular complexity index is 360. The van der Waals surface area contributed by atoms with Gasteiger partial charge in [-0.2, -0.15) is 0 Å². The summed E-state index contributed by atoms with van der Waals surface area (Å²) in [6, 6.07) is 2.11. The molecule has 3 heterocycles. The van der Waals surface area contributed by atoms with Crippen LogP contribution < -0.4 is 0 Å². The molecule has 3 rings (SSSR count). The minimum absolute atomic E-state index is 0.381. The summed E-state index contributed by atoms with van der Waals surface area (Å²) < 4.78 is 0. The van der Waals surface area contributed by atoms with E-state index in [0.717, 1.165) is 18.9 Å². The van der Waals surface area contributed by atoms with Gasteiger partial charge in [0.2, 0.25) is 0 Å². The van der Waals surface area contributed by atoms with Crippen molar-refractivity contribution in [2.45, 2.75) is 75.9 Å². The van der Waals surface area contributed by atoms with Crippen LogP contribution in [0.25, 0.3) is 0 Å². The Morgan fingerprint density at radius 2 is 1.86 bits per heavy atom. The lowest BCUT2D eigenvalue weighted by Gasteiger charge is -2.40. The summed E-state index contributed by atoms with van der Waals surface area (Å²) in [5.41, 5.74) is 0. The van der Waals surface area contributed by atoms with Crippen LogP contribution in [-0.4, -0.2) is 59.1 Å². The summed E-state index contributed by atoms with van der Waals surface area (Å²) in [5.74, 6) is -0.190. The lowest BCUT2D eigenvalue weighted by atomic mass is 9.87. The van der Waals surface area contributed by atoms with Crippen LogP contribution in [0.4, 0.5) is 0 Å². The molecule has 3 atom stereocenters. The predicted octanol–water partition coefficient (Wildman–Crippen LogP) is 2.58. The molecule has 2 bridgehead atoms. The Balaban J connectivity index is 1.50. The Hall–Kier alpha value is -0.610. The Morgan fingerprint density at radius 3 is 2.48 bits per heavy atom. The normalized spacial score (nSPS) is 37.8. The third-order valence-corrected chi connectivity index (χ3v) is 6.09. The molecule has 0 aromatic heterocycles. The number of aliphatic carboxylic acids is 1. The highest BCUT2D eigenvalue weighted by Crippen LogP contribution is 2.40. The first-order valence-electron chi connectivity index (χ1n) is 8.81. The number of fused-ring (bicyclic) bond motifs is 2. The van der Waals surface area contributed by atoms with Gasteiger partial charge in [0.1, 0.15) is 0 Å². The van der Waals surface area contributed by atoms with Crippen molar-refractivity contribution in [2.75, 3.05) is 20.1 Å². The molecular weight excluding hydrogens is 264 g/mol. The molecular formula is C17H30N2O2. The quantitative estimate of drug-likeness (QED) is 0.846. The summed E-state index contributed by atoms with van der Waals surface area (Å²) >= 11 is 0. The zero-order valence-corrected chi connectivity index (χ0v) is 13.3. The highest BCUT2D eigenvalue weighted by Gasteiger charge is 2.41. The molecule has 3 saturated heterocycles. The van der Waals surface area contributed by atoms with E-state index in [4.69, 9.17) is 5.11 Å². The van der Waals surface area contributed by atoms with Gasteiger partial charge in [-0.25, -0.2) is 0 Å². The van der Waals surface area contributed by atoms with Crippen molar-refractivity contribution in [3.8, 4) is 0 Å². The molecule has 0 aromatic rings. The van der Waals surface area contributed by atoms with Gasteiger partial charge in [0, 0.05) is 31.1 Å². The second-order valence-corrected chi connectivity index (χ2v) is 7.48. The fourth-order valence-electron chi connectivity index (χ4n) is 4.97. The van der Waals surface area contributed by atoms with E-state index in [1.54, 1.807) is 0 Å². The second kappa shape index (κ2) is 6.66. The Morgan fingerprint density at radius 1 is 1.14 bits per heavy atom. The van der Waals surface area contributed by atoms with Crippen molar-refractivity contribution in [1.29, 1.82) is 0 Å². The highest BCUT2D eigenvalue weighted by molar-refractivity contribution is 5.67. The number of hydrogen-bond acceptors (Lipinski definition) is 3. The van der Waals surface area contributed by atoms with Gasteiger partial charge in [-0.15, -0.1) is 0 Å². The lowest BCUT2D eigenvalue weighted by molar-refractivity contribution is -0.138. The molecule has 120 valence electrons. The third-order valence-electron chi connectivity index (χ3n) is 6.09. The molecule has 4 heteroatoms. The number of likely N-dealkylation sites (tertiary alicyclic amines) is 1. The van der Waals surface area contributed by atoms with Crippen LogP contribution in [0.2, 0.25) is 0 Å². The average molecular weight is 294 g/mol. The van der Waals surface area contributed by atoms with E-state index in [-0.39, 0.29) is 0 Å². The van der Waals surface area contributed by atoms with E-state index < -0.39 is 5.97 Å². The van der Waals surface area contributed by atoms with Crippen molar-refractivity contribution >= 4 is 5.97 Å². The van der Waals surface area contributed by atoms with Crippen LogP contribution in [-0.2, 0) is 4.79 Å². The predicted molar refractivity (Wildman–Crippen MR) is 83.4 cm³/mol. The van der Waals surface area contributed by atoms with Gasteiger partial charge in [-0.1, -0.05) is 6.42 Å². The van der Waals surface area contributed by atoms with Gasteiger partial charge < -0.3 is 10.0 Å². The number of rotatable bonds is 5. The molecule has 0 aliphatic carbocycles. The number of piperidine rings is 2. The molecule has 0 saturated carbocycles. The summed E-state index contributed by atoms with van der Waals surface area (Å²) in [4.78, 5) is 16.2. The summed E-state index contributed by atoms with van der Waals surface area (Å²) in [7, 11) is 2.28. The maximum absolute atomic E-state index is 10.9. The largest absolute Gasteiger partial charge is 0.481 e. The van der Waals surface area contributed by atoms with Crippen molar-refractivity contribution in [1.82, 2.24) is 9.80 Å². The van der Waals surface area contributed by atoms with Crippen LogP contribution >= 0.6 is 0 Å². The van der Waals surface area contributed by atoms with E-state index in [9.17, 15) is 4.79 Å². The number of hydrogen-bond donors (Lipinski definition) is 1. The fraction of sp³-hybridized carbons (Fsp3) is 0.941. The van der Waals surface area contributed by atoms with E-state index >= 15 is 0 Å². The molecule has 3 aliphatic rings. The maximum Gasteiger partial charge on any atom is 0.303 e. The van der Waals surface area contributed by atoms with E-state index in [0.29, 0.717) is 24.4 Å². The molecule has 0 amide bonds. The first kappa shape index (κ1) is 15.3. The molecule has 0 spiro atoms. The molecule has 3 fully saturated rings. The van der Waals surface area contributed by atoms with Gasteiger partial charge >= 0.3 is 5.97 Å². The zero-order chi connectivity index (χ0) is 14.8. The molecule has 4 nitrogen and oxygen atoms in total. The minimum atomic E-state index is -0.614. The van der Waals surface area contributed by atoms with E-state index in [1.165, 1.54) is 51.6 Å². The van der Waals surface area contributed by atoms with Crippen molar-refractivity contribution in [3.63, 3.8) is 0 Å². The molecule has 21 heavy (non-hydrogen) atoms. The summed E-state index contributed by atoms with van der Waals surface area (Å²) in [6.45, 7) is 2.49. The monoisotopic (exact) mass is 294 g/mol. The average Bonchev–Trinajstić information content (AvgIpc) is 2.67.